The summed E-state index contributed by atoms with van der Waals surface area (Å²) in [6, 6.07) is 17.3. The molecule has 0 unspecified atom stereocenters. The van der Waals surface area contributed by atoms with Gasteiger partial charge in [-0.3, -0.25) is 4.79 Å². The van der Waals surface area contributed by atoms with E-state index in [-0.39, 0.29) is 5.91 Å². The number of carbonyl (C=O) groups excluding carboxylic acids is 1. The molecule has 0 radical (unpaired) electrons. The molecule has 5 nitrogen and oxygen atoms in total. The van der Waals surface area contributed by atoms with Crippen LogP contribution in [0.15, 0.2) is 60.8 Å². The molecule has 5 heteroatoms. The zero-order valence-electron chi connectivity index (χ0n) is 12.7. The first kappa shape index (κ1) is 14.7. The van der Waals surface area contributed by atoms with Gasteiger partial charge in [0.2, 0.25) is 0 Å². The van der Waals surface area contributed by atoms with Crippen molar-refractivity contribution < 1.29 is 4.79 Å². The Kier molecular flexibility index (Phi) is 4.29. The molecule has 3 rings (SSSR count). The van der Waals surface area contributed by atoms with Crippen LogP contribution in [0.3, 0.4) is 0 Å². The Morgan fingerprint density at radius 3 is 2.61 bits per heavy atom. The van der Waals surface area contributed by atoms with E-state index in [9.17, 15) is 4.79 Å². The molecule has 3 aromatic rings. The number of rotatable bonds is 4. The van der Waals surface area contributed by atoms with E-state index in [2.05, 4.69) is 15.6 Å². The Bertz CT molecular complexity index is 837. The van der Waals surface area contributed by atoms with Gasteiger partial charge in [0.25, 0.3) is 5.91 Å². The largest absolute Gasteiger partial charge is 0.304 e. The molecule has 23 heavy (non-hydrogen) atoms. The van der Waals surface area contributed by atoms with Crippen LogP contribution in [0.1, 0.15) is 21.5 Å². The maximum Gasteiger partial charge on any atom is 0.257 e. The molecule has 0 saturated carbocycles. The summed E-state index contributed by atoms with van der Waals surface area (Å²) in [6.45, 7) is 1.90. The highest BCUT2D eigenvalue weighted by Crippen LogP contribution is 2.10. The first-order valence-corrected chi connectivity index (χ1v) is 7.24. The van der Waals surface area contributed by atoms with E-state index in [0.29, 0.717) is 11.4 Å². The summed E-state index contributed by atoms with van der Waals surface area (Å²) in [5, 5.41) is 10.7. The Balaban J connectivity index is 1.69. The Hall–Kier alpha value is -3.21. The molecule has 1 aromatic heterocycles. The summed E-state index contributed by atoms with van der Waals surface area (Å²) in [4.78, 5) is 12.2. The molecule has 0 bridgehead atoms. The van der Waals surface area contributed by atoms with Gasteiger partial charge in [0.15, 0.2) is 5.82 Å². The lowest BCUT2D eigenvalue weighted by Gasteiger charge is -2.04. The van der Waals surface area contributed by atoms with Crippen molar-refractivity contribution >= 4 is 24.0 Å². The smallest absolute Gasteiger partial charge is 0.257 e. The second kappa shape index (κ2) is 6.70. The summed E-state index contributed by atoms with van der Waals surface area (Å²) in [6.07, 6.45) is 5.36. The van der Waals surface area contributed by atoms with Crippen molar-refractivity contribution in [2.75, 3.05) is 5.32 Å². The predicted octanol–water partition coefficient (Wildman–Crippen LogP) is 3.47. The minimum atomic E-state index is -0.192. The van der Waals surface area contributed by atoms with Gasteiger partial charge in [-0.1, -0.05) is 53.7 Å². The van der Waals surface area contributed by atoms with E-state index in [1.165, 1.54) is 0 Å². The van der Waals surface area contributed by atoms with Crippen molar-refractivity contribution in [3.05, 3.63) is 77.5 Å². The lowest BCUT2D eigenvalue weighted by molar-refractivity contribution is 0.102. The van der Waals surface area contributed by atoms with E-state index in [0.717, 1.165) is 11.1 Å². The minimum Gasteiger partial charge on any atom is -0.304 e. The average Bonchev–Trinajstić information content (AvgIpc) is 3.02. The number of hydrogen-bond acceptors (Lipinski definition) is 3. The first-order valence-electron chi connectivity index (χ1n) is 7.24. The fourth-order valence-corrected chi connectivity index (χ4v) is 2.14. The number of nitrogens with one attached hydrogen (secondary N) is 1. The van der Waals surface area contributed by atoms with Gasteiger partial charge in [0.1, 0.15) is 0 Å². The van der Waals surface area contributed by atoms with Gasteiger partial charge in [-0.05, 0) is 30.2 Å². The maximum atomic E-state index is 12.2. The van der Waals surface area contributed by atoms with Crippen LogP contribution in [0.2, 0.25) is 0 Å². The van der Waals surface area contributed by atoms with Gasteiger partial charge in [0, 0.05) is 11.8 Å². The standard InChI is InChI=1S/C18H16N4O/c1-14-7-5-6-10-16(14)18(23)19-17-13-22(21-20-17)12-11-15-8-3-2-4-9-15/h2-13H,1H3,(H,19,23). The van der Waals surface area contributed by atoms with E-state index < -0.39 is 0 Å². The van der Waals surface area contributed by atoms with E-state index in [4.69, 9.17) is 0 Å². The van der Waals surface area contributed by atoms with Crippen LogP contribution < -0.4 is 5.32 Å². The van der Waals surface area contributed by atoms with E-state index >= 15 is 0 Å². The predicted molar refractivity (Wildman–Crippen MR) is 90.8 cm³/mol. The molecule has 0 spiro atoms. The molecule has 2 aromatic carbocycles. The molecule has 0 aliphatic carbocycles. The highest BCUT2D eigenvalue weighted by molar-refractivity contribution is 6.04. The molecule has 0 aliphatic rings. The third-order valence-electron chi connectivity index (χ3n) is 3.36. The van der Waals surface area contributed by atoms with Crippen molar-refractivity contribution in [2.24, 2.45) is 0 Å². The summed E-state index contributed by atoms with van der Waals surface area (Å²) < 4.78 is 1.56. The van der Waals surface area contributed by atoms with Gasteiger partial charge in [-0.25, -0.2) is 4.68 Å². The fourth-order valence-electron chi connectivity index (χ4n) is 2.14. The SMILES string of the molecule is Cc1ccccc1C(=O)Nc1cn(C=Cc2ccccc2)nn1. The number of benzene rings is 2. The van der Waals surface area contributed by atoms with Crippen LogP contribution in [0.4, 0.5) is 5.82 Å². The molecule has 1 N–H and O–H groups in total. The van der Waals surface area contributed by atoms with E-state index in [1.54, 1.807) is 23.1 Å². The third-order valence-corrected chi connectivity index (χ3v) is 3.36. The zero-order chi connectivity index (χ0) is 16.1. The summed E-state index contributed by atoms with van der Waals surface area (Å²) in [5.41, 5.74) is 2.61. The second-order valence-corrected chi connectivity index (χ2v) is 5.08. The van der Waals surface area contributed by atoms with Gasteiger partial charge < -0.3 is 5.32 Å². The van der Waals surface area contributed by atoms with Gasteiger partial charge in [-0.2, -0.15) is 0 Å². The normalized spacial score (nSPS) is 10.8. The number of nitrogens with zero attached hydrogens (tertiary/aromatic N) is 3. The van der Waals surface area contributed by atoms with Gasteiger partial charge in [-0.15, -0.1) is 5.10 Å². The van der Waals surface area contributed by atoms with Crippen LogP contribution >= 0.6 is 0 Å². The lowest BCUT2D eigenvalue weighted by Crippen LogP contribution is -2.13. The average molecular weight is 304 g/mol. The summed E-state index contributed by atoms with van der Waals surface area (Å²) >= 11 is 0. The molecular weight excluding hydrogens is 288 g/mol. The molecular formula is C18H16N4O. The third kappa shape index (κ3) is 3.71. The maximum absolute atomic E-state index is 12.2. The molecule has 0 aliphatic heterocycles. The topological polar surface area (TPSA) is 59.8 Å². The molecule has 1 amide bonds. The van der Waals surface area contributed by atoms with Crippen LogP contribution in [0, 0.1) is 6.92 Å². The second-order valence-electron chi connectivity index (χ2n) is 5.08. The summed E-state index contributed by atoms with van der Waals surface area (Å²) in [7, 11) is 0. The zero-order valence-corrected chi connectivity index (χ0v) is 12.7. The highest BCUT2D eigenvalue weighted by Gasteiger charge is 2.10. The number of aryl methyl sites for hydroxylation is 1. The van der Waals surface area contributed by atoms with Crippen LogP contribution in [-0.2, 0) is 0 Å². The quantitative estimate of drug-likeness (QED) is 0.803. The first-order chi connectivity index (χ1) is 11.2. The number of anilines is 1. The lowest BCUT2D eigenvalue weighted by atomic mass is 10.1. The van der Waals surface area contributed by atoms with Crippen LogP contribution in [0.5, 0.6) is 0 Å². The van der Waals surface area contributed by atoms with Crippen LogP contribution in [0.25, 0.3) is 12.3 Å². The fraction of sp³-hybridized carbons (Fsp3) is 0.0556. The van der Waals surface area contributed by atoms with Crippen molar-refractivity contribution in [3.63, 3.8) is 0 Å². The van der Waals surface area contributed by atoms with Crippen molar-refractivity contribution in [1.82, 2.24) is 15.0 Å². The summed E-state index contributed by atoms with van der Waals surface area (Å²) in [5.74, 6) is 0.221. The monoisotopic (exact) mass is 304 g/mol. The van der Waals surface area contributed by atoms with Crippen molar-refractivity contribution in [2.45, 2.75) is 6.92 Å². The van der Waals surface area contributed by atoms with Crippen LogP contribution in [-0.4, -0.2) is 20.9 Å². The van der Waals surface area contributed by atoms with Crippen molar-refractivity contribution in [1.29, 1.82) is 0 Å². The Labute approximate surface area is 134 Å². The number of aromatic nitrogens is 3. The molecule has 114 valence electrons. The number of amides is 1. The Morgan fingerprint density at radius 1 is 1.09 bits per heavy atom. The number of carbonyl (C=O) groups is 1. The molecule has 1 heterocycles. The Morgan fingerprint density at radius 2 is 1.83 bits per heavy atom. The molecule has 0 atom stereocenters. The van der Waals surface area contributed by atoms with E-state index in [1.807, 2.05) is 61.5 Å². The molecule has 0 fully saturated rings. The molecule has 0 saturated heterocycles. The van der Waals surface area contributed by atoms with Gasteiger partial charge >= 0.3 is 0 Å². The van der Waals surface area contributed by atoms with Gasteiger partial charge in [0.05, 0.1) is 6.20 Å². The minimum absolute atomic E-state index is 0.192. The van der Waals surface area contributed by atoms with Crippen molar-refractivity contribution in [3.8, 4) is 0 Å². The highest BCUT2D eigenvalue weighted by atomic mass is 16.1. The number of hydrogen-bond donors (Lipinski definition) is 1.